The second-order valence-electron chi connectivity index (χ2n) is 6.10. The van der Waals surface area contributed by atoms with Crippen molar-refractivity contribution in [2.75, 3.05) is 7.11 Å². The van der Waals surface area contributed by atoms with Crippen LogP contribution in [0.4, 0.5) is 8.78 Å². The molecular formula is C20H23F2NO3. The van der Waals surface area contributed by atoms with Crippen molar-refractivity contribution in [2.24, 2.45) is 0 Å². The first-order chi connectivity index (χ1) is 12.3. The largest absolute Gasteiger partial charge is 0.497 e. The zero-order valence-corrected chi connectivity index (χ0v) is 15.3. The number of hydrogen-bond donors (Lipinski definition) is 1. The molecule has 3 atom stereocenters. The third-order valence-electron chi connectivity index (χ3n) is 4.15. The van der Waals surface area contributed by atoms with Crippen molar-refractivity contribution < 1.29 is 23.0 Å². The molecule has 1 N–H and O–H groups in total. The fourth-order valence-electron chi connectivity index (χ4n) is 2.68. The number of hydrogen-bond acceptors (Lipinski definition) is 4. The van der Waals surface area contributed by atoms with Crippen molar-refractivity contribution in [2.45, 2.75) is 39.0 Å². The van der Waals surface area contributed by atoms with Crippen LogP contribution in [-0.4, -0.2) is 19.1 Å². The van der Waals surface area contributed by atoms with Crippen LogP contribution < -0.4 is 10.1 Å². The van der Waals surface area contributed by atoms with E-state index < -0.39 is 29.7 Å². The van der Waals surface area contributed by atoms with Gasteiger partial charge in [-0.2, -0.15) is 0 Å². The molecule has 0 amide bonds. The fourth-order valence-corrected chi connectivity index (χ4v) is 2.68. The van der Waals surface area contributed by atoms with Crippen LogP contribution in [0.3, 0.4) is 0 Å². The van der Waals surface area contributed by atoms with Crippen LogP contribution in [-0.2, 0) is 9.53 Å². The van der Waals surface area contributed by atoms with Gasteiger partial charge in [0.1, 0.15) is 29.5 Å². The lowest BCUT2D eigenvalue weighted by Crippen LogP contribution is -2.37. The highest BCUT2D eigenvalue weighted by molar-refractivity contribution is 5.75. The van der Waals surface area contributed by atoms with Gasteiger partial charge in [0, 0.05) is 6.04 Å². The summed E-state index contributed by atoms with van der Waals surface area (Å²) in [7, 11) is 1.58. The van der Waals surface area contributed by atoms with Gasteiger partial charge in [-0.15, -0.1) is 0 Å². The highest BCUT2D eigenvalue weighted by Crippen LogP contribution is 2.24. The van der Waals surface area contributed by atoms with Crippen molar-refractivity contribution in [3.63, 3.8) is 0 Å². The SMILES string of the molecule is COc1cccc([C@H](C)N[C@H](C)C(=O)O[C@@H](C)c2c(F)cccc2F)c1. The number of methoxy groups -OCH3 is 1. The zero-order chi connectivity index (χ0) is 19.3. The van der Waals surface area contributed by atoms with Crippen LogP contribution in [0, 0.1) is 11.6 Å². The number of carbonyl (C=O) groups is 1. The molecule has 0 fully saturated rings. The third kappa shape index (κ3) is 4.79. The van der Waals surface area contributed by atoms with E-state index in [4.69, 9.17) is 9.47 Å². The summed E-state index contributed by atoms with van der Waals surface area (Å²) in [6.07, 6.45) is -1.03. The quantitative estimate of drug-likeness (QED) is 0.745. The summed E-state index contributed by atoms with van der Waals surface area (Å²) in [6, 6.07) is 10.2. The topological polar surface area (TPSA) is 47.6 Å². The van der Waals surface area contributed by atoms with Gasteiger partial charge in [0.05, 0.1) is 12.7 Å². The summed E-state index contributed by atoms with van der Waals surface area (Å²) in [5.41, 5.74) is 0.686. The summed E-state index contributed by atoms with van der Waals surface area (Å²) >= 11 is 0. The molecule has 0 unspecified atom stereocenters. The Morgan fingerprint density at radius 2 is 1.65 bits per heavy atom. The second kappa shape index (κ2) is 8.76. The van der Waals surface area contributed by atoms with E-state index in [0.29, 0.717) is 0 Å². The van der Waals surface area contributed by atoms with Gasteiger partial charge in [-0.25, -0.2) is 8.78 Å². The molecule has 2 aromatic carbocycles. The normalized spacial score (nSPS) is 14.4. The van der Waals surface area contributed by atoms with Gasteiger partial charge >= 0.3 is 5.97 Å². The molecule has 0 radical (unpaired) electrons. The predicted molar refractivity (Wildman–Crippen MR) is 94.9 cm³/mol. The minimum absolute atomic E-state index is 0.145. The van der Waals surface area contributed by atoms with Crippen molar-refractivity contribution >= 4 is 5.97 Å². The second-order valence-corrected chi connectivity index (χ2v) is 6.10. The first-order valence-electron chi connectivity index (χ1n) is 8.38. The molecule has 2 aromatic rings. The van der Waals surface area contributed by atoms with E-state index in [1.165, 1.54) is 13.0 Å². The summed E-state index contributed by atoms with van der Waals surface area (Å²) in [6.45, 7) is 4.99. The molecular weight excluding hydrogens is 340 g/mol. The molecule has 0 saturated carbocycles. The number of rotatable bonds is 7. The first-order valence-corrected chi connectivity index (χ1v) is 8.38. The molecule has 0 heterocycles. The van der Waals surface area contributed by atoms with Gasteiger partial charge in [-0.3, -0.25) is 10.1 Å². The molecule has 26 heavy (non-hydrogen) atoms. The molecule has 0 bridgehead atoms. The van der Waals surface area contributed by atoms with E-state index in [9.17, 15) is 13.6 Å². The Morgan fingerprint density at radius 1 is 1.04 bits per heavy atom. The summed E-state index contributed by atoms with van der Waals surface area (Å²) in [4.78, 5) is 12.3. The van der Waals surface area contributed by atoms with Crippen LogP contribution in [0.15, 0.2) is 42.5 Å². The van der Waals surface area contributed by atoms with Gasteiger partial charge in [0.2, 0.25) is 0 Å². The molecule has 0 aliphatic heterocycles. The lowest BCUT2D eigenvalue weighted by Gasteiger charge is -2.22. The maximum Gasteiger partial charge on any atom is 0.323 e. The van der Waals surface area contributed by atoms with E-state index in [-0.39, 0.29) is 11.6 Å². The predicted octanol–water partition coefficient (Wildman–Crippen LogP) is 4.32. The van der Waals surface area contributed by atoms with E-state index in [1.807, 2.05) is 31.2 Å². The van der Waals surface area contributed by atoms with Crippen molar-refractivity contribution in [1.29, 1.82) is 0 Å². The van der Waals surface area contributed by atoms with Crippen LogP contribution >= 0.6 is 0 Å². The average molecular weight is 363 g/mol. The molecule has 140 valence electrons. The molecule has 0 aliphatic carbocycles. The summed E-state index contributed by atoms with van der Waals surface area (Å²) in [5.74, 6) is -1.35. The van der Waals surface area contributed by atoms with Crippen LogP contribution in [0.2, 0.25) is 0 Å². The molecule has 6 heteroatoms. The molecule has 0 spiro atoms. The summed E-state index contributed by atoms with van der Waals surface area (Å²) < 4.78 is 38.0. The van der Waals surface area contributed by atoms with Gasteiger partial charge in [-0.05, 0) is 50.6 Å². The Morgan fingerprint density at radius 3 is 2.27 bits per heavy atom. The molecule has 2 rings (SSSR count). The van der Waals surface area contributed by atoms with E-state index >= 15 is 0 Å². The number of halogens is 2. The number of esters is 1. The Hall–Kier alpha value is -2.47. The Kier molecular flexibility index (Phi) is 6.69. The van der Waals surface area contributed by atoms with Gasteiger partial charge in [0.15, 0.2) is 0 Å². The highest BCUT2D eigenvalue weighted by atomic mass is 19.1. The maximum atomic E-state index is 13.8. The molecule has 4 nitrogen and oxygen atoms in total. The smallest absolute Gasteiger partial charge is 0.323 e. The lowest BCUT2D eigenvalue weighted by molar-refractivity contribution is -0.151. The minimum atomic E-state index is -1.03. The lowest BCUT2D eigenvalue weighted by atomic mass is 10.1. The van der Waals surface area contributed by atoms with Crippen LogP contribution in [0.1, 0.15) is 44.0 Å². The molecule has 0 aromatic heterocycles. The Balaban J connectivity index is 2.00. The maximum absolute atomic E-state index is 13.8. The Bertz CT molecular complexity index is 746. The summed E-state index contributed by atoms with van der Waals surface area (Å²) in [5, 5.41) is 3.12. The standard InChI is InChI=1S/C20H23F2NO3/c1-12(15-7-5-8-16(11-15)25-4)23-13(2)20(24)26-14(3)19-17(21)9-6-10-18(19)22/h5-14,23H,1-4H3/t12-,13+,14-/m0/s1. The van der Waals surface area contributed by atoms with Gasteiger partial charge in [0.25, 0.3) is 0 Å². The van der Waals surface area contributed by atoms with Crippen LogP contribution in [0.5, 0.6) is 5.75 Å². The number of benzene rings is 2. The Labute approximate surface area is 152 Å². The zero-order valence-electron chi connectivity index (χ0n) is 15.3. The highest BCUT2D eigenvalue weighted by Gasteiger charge is 2.24. The molecule has 0 saturated heterocycles. The van der Waals surface area contributed by atoms with Gasteiger partial charge < -0.3 is 9.47 Å². The first kappa shape index (κ1) is 19.8. The van der Waals surface area contributed by atoms with E-state index in [2.05, 4.69) is 5.32 Å². The number of carbonyl (C=O) groups excluding carboxylic acids is 1. The van der Waals surface area contributed by atoms with Gasteiger partial charge in [-0.1, -0.05) is 18.2 Å². The van der Waals surface area contributed by atoms with Crippen molar-refractivity contribution in [1.82, 2.24) is 5.32 Å². The number of ether oxygens (including phenoxy) is 2. The van der Waals surface area contributed by atoms with E-state index in [1.54, 1.807) is 14.0 Å². The van der Waals surface area contributed by atoms with E-state index in [0.717, 1.165) is 23.4 Å². The number of nitrogens with one attached hydrogen (secondary N) is 1. The average Bonchev–Trinajstić information content (AvgIpc) is 2.61. The monoisotopic (exact) mass is 363 g/mol. The fraction of sp³-hybridized carbons (Fsp3) is 0.350. The van der Waals surface area contributed by atoms with Crippen LogP contribution in [0.25, 0.3) is 0 Å². The molecule has 0 aliphatic rings. The van der Waals surface area contributed by atoms with Crippen molar-refractivity contribution in [3.05, 3.63) is 65.2 Å². The minimum Gasteiger partial charge on any atom is -0.497 e. The van der Waals surface area contributed by atoms with Crippen molar-refractivity contribution in [3.8, 4) is 5.75 Å². The third-order valence-corrected chi connectivity index (χ3v) is 4.15.